The summed E-state index contributed by atoms with van der Waals surface area (Å²) < 4.78 is 0. The van der Waals surface area contributed by atoms with Crippen molar-refractivity contribution in [1.82, 2.24) is 10.2 Å². The van der Waals surface area contributed by atoms with Crippen molar-refractivity contribution in [3.8, 4) is 0 Å². The van der Waals surface area contributed by atoms with Crippen LogP contribution in [-0.2, 0) is 9.59 Å². The van der Waals surface area contributed by atoms with Gasteiger partial charge in [-0.1, -0.05) is 20.8 Å². The molecule has 1 heterocycles. The van der Waals surface area contributed by atoms with Gasteiger partial charge in [-0.05, 0) is 69.6 Å². The summed E-state index contributed by atoms with van der Waals surface area (Å²) in [5, 5.41) is 2.96. The van der Waals surface area contributed by atoms with Gasteiger partial charge in [0.15, 0.2) is 0 Å². The Morgan fingerprint density at radius 1 is 1.21 bits per heavy atom. The molecule has 1 saturated heterocycles. The van der Waals surface area contributed by atoms with E-state index in [4.69, 9.17) is 0 Å². The standard InChI is InChI=1S/C20H36N2O2/c1-14-10-17(13-20(4,5)12-14)11-18(23)21-16(3)19(24)22-9-7-6-8-15(22)2/h14-17H,6-13H2,1-5H3,(H,21,23)/t14-,15+,16+,17-/m1/s1. The average molecular weight is 337 g/mol. The zero-order valence-electron chi connectivity index (χ0n) is 16.2. The van der Waals surface area contributed by atoms with Gasteiger partial charge < -0.3 is 10.2 Å². The first-order valence-electron chi connectivity index (χ1n) is 9.78. The molecule has 0 bridgehead atoms. The maximum absolute atomic E-state index is 12.6. The lowest BCUT2D eigenvalue weighted by molar-refractivity contribution is -0.139. The lowest BCUT2D eigenvalue weighted by Crippen LogP contribution is -2.51. The molecule has 2 rings (SSSR count). The zero-order chi connectivity index (χ0) is 17.9. The summed E-state index contributed by atoms with van der Waals surface area (Å²) in [7, 11) is 0. The predicted molar refractivity (Wildman–Crippen MR) is 97.5 cm³/mol. The highest BCUT2D eigenvalue weighted by Gasteiger charge is 2.34. The van der Waals surface area contributed by atoms with Gasteiger partial charge in [-0.2, -0.15) is 0 Å². The van der Waals surface area contributed by atoms with E-state index in [1.165, 1.54) is 12.8 Å². The fourth-order valence-corrected chi connectivity index (χ4v) is 5.00. The topological polar surface area (TPSA) is 49.4 Å². The van der Waals surface area contributed by atoms with Gasteiger partial charge in [0.05, 0.1) is 0 Å². The van der Waals surface area contributed by atoms with Crippen LogP contribution in [0.5, 0.6) is 0 Å². The molecule has 24 heavy (non-hydrogen) atoms. The van der Waals surface area contributed by atoms with Crippen LogP contribution in [0.25, 0.3) is 0 Å². The number of hydrogen-bond acceptors (Lipinski definition) is 2. The Morgan fingerprint density at radius 2 is 1.92 bits per heavy atom. The first-order valence-corrected chi connectivity index (χ1v) is 9.78. The highest BCUT2D eigenvalue weighted by Crippen LogP contribution is 2.42. The molecular weight excluding hydrogens is 300 g/mol. The molecule has 1 aliphatic carbocycles. The first kappa shape index (κ1) is 19.3. The number of carbonyl (C=O) groups is 2. The zero-order valence-corrected chi connectivity index (χ0v) is 16.2. The second kappa shape index (κ2) is 7.88. The minimum Gasteiger partial charge on any atom is -0.345 e. The van der Waals surface area contributed by atoms with Gasteiger partial charge in [-0.3, -0.25) is 9.59 Å². The smallest absolute Gasteiger partial charge is 0.245 e. The van der Waals surface area contributed by atoms with E-state index in [9.17, 15) is 9.59 Å². The summed E-state index contributed by atoms with van der Waals surface area (Å²) in [5.41, 5.74) is 0.327. The molecule has 4 heteroatoms. The van der Waals surface area contributed by atoms with Crippen LogP contribution >= 0.6 is 0 Å². The number of nitrogens with zero attached hydrogens (tertiary/aromatic N) is 1. The predicted octanol–water partition coefficient (Wildman–Crippen LogP) is 3.74. The molecule has 2 aliphatic rings. The third kappa shape index (κ3) is 5.22. The van der Waals surface area contributed by atoms with Crippen LogP contribution in [0.2, 0.25) is 0 Å². The minimum atomic E-state index is -0.410. The molecule has 4 atom stereocenters. The monoisotopic (exact) mass is 336 g/mol. The molecule has 0 aromatic rings. The van der Waals surface area contributed by atoms with Crippen molar-refractivity contribution in [2.75, 3.05) is 6.54 Å². The fourth-order valence-electron chi connectivity index (χ4n) is 5.00. The molecule has 2 fully saturated rings. The van der Waals surface area contributed by atoms with Gasteiger partial charge >= 0.3 is 0 Å². The Bertz CT molecular complexity index is 461. The maximum atomic E-state index is 12.6. The van der Waals surface area contributed by atoms with E-state index < -0.39 is 6.04 Å². The summed E-state index contributed by atoms with van der Waals surface area (Å²) in [6.45, 7) is 11.7. The van der Waals surface area contributed by atoms with Crippen LogP contribution in [-0.4, -0.2) is 35.3 Å². The molecule has 0 spiro atoms. The lowest BCUT2D eigenvalue weighted by Gasteiger charge is -2.39. The average Bonchev–Trinajstić information content (AvgIpc) is 2.44. The number of amides is 2. The van der Waals surface area contributed by atoms with Crippen LogP contribution in [0.4, 0.5) is 0 Å². The molecule has 0 aromatic carbocycles. The van der Waals surface area contributed by atoms with Crippen LogP contribution in [0.3, 0.4) is 0 Å². The van der Waals surface area contributed by atoms with Gasteiger partial charge in [0, 0.05) is 19.0 Å². The summed E-state index contributed by atoms with van der Waals surface area (Å²) in [4.78, 5) is 27.0. The molecular formula is C20H36N2O2. The van der Waals surface area contributed by atoms with Crippen molar-refractivity contribution in [2.45, 2.75) is 91.6 Å². The second-order valence-corrected chi connectivity index (χ2v) is 9.15. The quantitative estimate of drug-likeness (QED) is 0.850. The molecule has 0 radical (unpaired) electrons. The van der Waals surface area contributed by atoms with E-state index >= 15 is 0 Å². The number of nitrogens with one attached hydrogen (secondary N) is 1. The first-order chi connectivity index (χ1) is 11.2. The Labute approximate surface area is 147 Å². The molecule has 4 nitrogen and oxygen atoms in total. The Morgan fingerprint density at radius 3 is 2.54 bits per heavy atom. The van der Waals surface area contributed by atoms with Crippen molar-refractivity contribution < 1.29 is 9.59 Å². The Balaban J connectivity index is 1.84. The van der Waals surface area contributed by atoms with E-state index in [0.29, 0.717) is 29.7 Å². The van der Waals surface area contributed by atoms with Crippen LogP contribution in [0.15, 0.2) is 0 Å². The fraction of sp³-hybridized carbons (Fsp3) is 0.900. The number of hydrogen-bond donors (Lipinski definition) is 1. The third-order valence-electron chi connectivity index (χ3n) is 5.79. The molecule has 1 aliphatic heterocycles. The summed E-state index contributed by atoms with van der Waals surface area (Å²) in [6, 6.07) is -0.113. The van der Waals surface area contributed by atoms with Crippen LogP contribution < -0.4 is 5.32 Å². The highest BCUT2D eigenvalue weighted by atomic mass is 16.2. The van der Waals surface area contributed by atoms with Crippen molar-refractivity contribution >= 4 is 11.8 Å². The molecule has 1 saturated carbocycles. The van der Waals surface area contributed by atoms with E-state index in [1.54, 1.807) is 0 Å². The van der Waals surface area contributed by atoms with E-state index in [2.05, 4.69) is 33.0 Å². The number of rotatable bonds is 4. The molecule has 0 aromatic heterocycles. The SMILES string of the molecule is C[C@@H]1C[C@H](CC(=O)N[C@@H](C)C(=O)N2CCCC[C@@H]2C)CC(C)(C)C1. The summed E-state index contributed by atoms with van der Waals surface area (Å²) >= 11 is 0. The van der Waals surface area contributed by atoms with Crippen molar-refractivity contribution in [3.05, 3.63) is 0 Å². The molecule has 138 valence electrons. The van der Waals surface area contributed by atoms with E-state index in [-0.39, 0.29) is 11.8 Å². The minimum absolute atomic E-state index is 0.0374. The van der Waals surface area contributed by atoms with Gasteiger partial charge in [-0.25, -0.2) is 0 Å². The van der Waals surface area contributed by atoms with E-state index in [0.717, 1.165) is 32.2 Å². The van der Waals surface area contributed by atoms with Crippen molar-refractivity contribution in [1.29, 1.82) is 0 Å². The van der Waals surface area contributed by atoms with Crippen LogP contribution in [0, 0.1) is 17.3 Å². The Hall–Kier alpha value is -1.06. The van der Waals surface area contributed by atoms with Gasteiger partial charge in [0.25, 0.3) is 0 Å². The molecule has 1 N–H and O–H groups in total. The normalized spacial score (nSPS) is 31.4. The maximum Gasteiger partial charge on any atom is 0.245 e. The number of carbonyl (C=O) groups excluding carboxylic acids is 2. The van der Waals surface area contributed by atoms with Crippen molar-refractivity contribution in [3.63, 3.8) is 0 Å². The van der Waals surface area contributed by atoms with Gasteiger partial charge in [-0.15, -0.1) is 0 Å². The number of piperidine rings is 1. The van der Waals surface area contributed by atoms with Crippen molar-refractivity contribution in [2.24, 2.45) is 17.3 Å². The van der Waals surface area contributed by atoms with Crippen LogP contribution in [0.1, 0.15) is 79.6 Å². The molecule has 0 unspecified atom stereocenters. The van der Waals surface area contributed by atoms with Gasteiger partial charge in [0.1, 0.15) is 6.04 Å². The highest BCUT2D eigenvalue weighted by molar-refractivity contribution is 5.87. The molecule has 2 amide bonds. The number of likely N-dealkylation sites (tertiary alicyclic amines) is 1. The third-order valence-corrected chi connectivity index (χ3v) is 5.79. The van der Waals surface area contributed by atoms with Gasteiger partial charge in [0.2, 0.25) is 11.8 Å². The summed E-state index contributed by atoms with van der Waals surface area (Å²) in [5.74, 6) is 1.24. The largest absolute Gasteiger partial charge is 0.345 e. The second-order valence-electron chi connectivity index (χ2n) is 9.15. The summed E-state index contributed by atoms with van der Waals surface area (Å²) in [6.07, 6.45) is 7.38. The Kier molecular flexibility index (Phi) is 6.33. The van der Waals surface area contributed by atoms with E-state index in [1.807, 2.05) is 11.8 Å². The lowest BCUT2D eigenvalue weighted by atomic mass is 9.67.